The average Bonchev–Trinajstić information content (AvgIpc) is 2.48. The first-order valence-electron chi connectivity index (χ1n) is 7.57. The zero-order valence-corrected chi connectivity index (χ0v) is 13.9. The summed E-state index contributed by atoms with van der Waals surface area (Å²) in [5.74, 6) is 0.811. The second-order valence-corrected chi connectivity index (χ2v) is 5.92. The van der Waals surface area contributed by atoms with Crippen molar-refractivity contribution in [3.05, 3.63) is 23.8 Å². The number of thiocarbonyl (C=S) groups is 1. The molecule has 1 heterocycles. The van der Waals surface area contributed by atoms with Gasteiger partial charge in [-0.3, -0.25) is 0 Å². The number of nitrogens with zero attached hydrogens (tertiary/aromatic N) is 1. The molecular formula is C16H25N3OS. The van der Waals surface area contributed by atoms with Gasteiger partial charge in [0.15, 0.2) is 5.11 Å². The van der Waals surface area contributed by atoms with E-state index < -0.39 is 0 Å². The summed E-state index contributed by atoms with van der Waals surface area (Å²) in [4.78, 5) is 2.47. The monoisotopic (exact) mass is 307 g/mol. The Bertz CT molecular complexity index is 484. The molecule has 0 aromatic heterocycles. The predicted octanol–water partition coefficient (Wildman–Crippen LogP) is 2.77. The number of rotatable bonds is 4. The summed E-state index contributed by atoms with van der Waals surface area (Å²) in [7, 11) is 1.67. The number of hydrogen-bond acceptors (Lipinski definition) is 3. The smallest absolute Gasteiger partial charge is 0.171 e. The van der Waals surface area contributed by atoms with Gasteiger partial charge < -0.3 is 20.3 Å². The molecule has 1 saturated heterocycles. The Labute approximate surface area is 132 Å². The van der Waals surface area contributed by atoms with Crippen LogP contribution >= 0.6 is 12.2 Å². The number of hydrogen-bond donors (Lipinski definition) is 2. The van der Waals surface area contributed by atoms with Gasteiger partial charge in [0.05, 0.1) is 12.8 Å². The van der Waals surface area contributed by atoms with Crippen molar-refractivity contribution in [2.24, 2.45) is 0 Å². The first-order chi connectivity index (χ1) is 10.1. The molecule has 0 amide bonds. The number of piperidine rings is 1. The van der Waals surface area contributed by atoms with E-state index in [1.807, 2.05) is 18.2 Å². The second kappa shape index (κ2) is 7.61. The lowest BCUT2D eigenvalue weighted by molar-refractivity contribution is 0.216. The van der Waals surface area contributed by atoms with Gasteiger partial charge in [0, 0.05) is 19.1 Å². The average molecular weight is 307 g/mol. The highest BCUT2D eigenvalue weighted by Gasteiger charge is 2.18. The van der Waals surface area contributed by atoms with Crippen LogP contribution in [0.1, 0.15) is 25.3 Å². The highest BCUT2D eigenvalue weighted by atomic mass is 32.1. The van der Waals surface area contributed by atoms with Crippen molar-refractivity contribution in [2.45, 2.75) is 32.7 Å². The summed E-state index contributed by atoms with van der Waals surface area (Å²) in [6.45, 7) is 7.69. The second-order valence-electron chi connectivity index (χ2n) is 5.51. The number of likely N-dealkylation sites (tertiary alicyclic amines) is 1. The fourth-order valence-electron chi connectivity index (χ4n) is 2.66. The SMILES string of the molecule is CCN1CCC(NC(=S)Nc2cc(C)ccc2OC)CC1. The van der Waals surface area contributed by atoms with Crippen molar-refractivity contribution in [3.63, 3.8) is 0 Å². The van der Waals surface area contributed by atoms with E-state index in [1.165, 1.54) is 5.56 Å². The molecular weight excluding hydrogens is 282 g/mol. The Morgan fingerprint density at radius 1 is 1.38 bits per heavy atom. The molecule has 0 bridgehead atoms. The molecule has 1 aromatic carbocycles. The highest BCUT2D eigenvalue weighted by Crippen LogP contribution is 2.25. The fraction of sp³-hybridized carbons (Fsp3) is 0.562. The molecule has 0 saturated carbocycles. The molecule has 116 valence electrons. The first-order valence-corrected chi connectivity index (χ1v) is 7.97. The summed E-state index contributed by atoms with van der Waals surface area (Å²) < 4.78 is 5.36. The van der Waals surface area contributed by atoms with Crippen LogP contribution in [-0.2, 0) is 0 Å². The quantitative estimate of drug-likeness (QED) is 0.837. The Balaban J connectivity index is 1.89. The summed E-state index contributed by atoms with van der Waals surface area (Å²) in [6, 6.07) is 6.50. The molecule has 0 spiro atoms. The molecule has 0 aliphatic carbocycles. The van der Waals surface area contributed by atoms with Gasteiger partial charge in [0.2, 0.25) is 0 Å². The highest BCUT2D eigenvalue weighted by molar-refractivity contribution is 7.80. The molecule has 2 rings (SSSR count). The number of aryl methyl sites for hydroxylation is 1. The third-order valence-corrected chi connectivity index (χ3v) is 4.19. The molecule has 4 nitrogen and oxygen atoms in total. The molecule has 1 aliphatic rings. The molecule has 0 atom stereocenters. The molecule has 0 unspecified atom stereocenters. The Hall–Kier alpha value is -1.33. The minimum atomic E-state index is 0.462. The van der Waals surface area contributed by atoms with Gasteiger partial charge in [0.1, 0.15) is 5.75 Å². The summed E-state index contributed by atoms with van der Waals surface area (Å²) in [5.41, 5.74) is 2.10. The van der Waals surface area contributed by atoms with E-state index in [-0.39, 0.29) is 0 Å². The van der Waals surface area contributed by atoms with Crippen LogP contribution in [0.4, 0.5) is 5.69 Å². The van der Waals surface area contributed by atoms with Crippen LogP contribution in [0.5, 0.6) is 5.75 Å². The lowest BCUT2D eigenvalue weighted by Crippen LogP contribution is -2.45. The Kier molecular flexibility index (Phi) is 5.82. The van der Waals surface area contributed by atoms with Crippen LogP contribution in [0.3, 0.4) is 0 Å². The third-order valence-electron chi connectivity index (χ3n) is 3.97. The number of benzene rings is 1. The fourth-order valence-corrected chi connectivity index (χ4v) is 2.93. The van der Waals surface area contributed by atoms with E-state index in [9.17, 15) is 0 Å². The summed E-state index contributed by atoms with van der Waals surface area (Å²) in [5, 5.41) is 7.35. The van der Waals surface area contributed by atoms with E-state index in [0.717, 1.165) is 43.9 Å². The van der Waals surface area contributed by atoms with Crippen molar-refractivity contribution in [1.82, 2.24) is 10.2 Å². The van der Waals surface area contributed by atoms with E-state index in [1.54, 1.807) is 7.11 Å². The van der Waals surface area contributed by atoms with E-state index in [0.29, 0.717) is 11.2 Å². The molecule has 2 N–H and O–H groups in total. The van der Waals surface area contributed by atoms with Gasteiger partial charge in [0.25, 0.3) is 0 Å². The minimum Gasteiger partial charge on any atom is -0.495 e. The minimum absolute atomic E-state index is 0.462. The topological polar surface area (TPSA) is 36.5 Å². The van der Waals surface area contributed by atoms with Crippen molar-refractivity contribution in [1.29, 1.82) is 0 Å². The number of anilines is 1. The number of methoxy groups -OCH3 is 1. The van der Waals surface area contributed by atoms with Crippen LogP contribution < -0.4 is 15.4 Å². The van der Waals surface area contributed by atoms with Gasteiger partial charge in [-0.2, -0.15) is 0 Å². The Morgan fingerprint density at radius 2 is 2.10 bits per heavy atom. The zero-order chi connectivity index (χ0) is 15.2. The lowest BCUT2D eigenvalue weighted by Gasteiger charge is -2.32. The molecule has 0 radical (unpaired) electrons. The normalized spacial score (nSPS) is 16.5. The maximum absolute atomic E-state index is 5.43. The summed E-state index contributed by atoms with van der Waals surface area (Å²) >= 11 is 5.43. The van der Waals surface area contributed by atoms with Gasteiger partial charge in [-0.15, -0.1) is 0 Å². The van der Waals surface area contributed by atoms with Gasteiger partial charge in [-0.25, -0.2) is 0 Å². The van der Waals surface area contributed by atoms with E-state index in [2.05, 4.69) is 29.4 Å². The maximum atomic E-state index is 5.43. The number of nitrogens with one attached hydrogen (secondary N) is 2. The van der Waals surface area contributed by atoms with Crippen LogP contribution in [0, 0.1) is 6.92 Å². The number of ether oxygens (including phenoxy) is 1. The van der Waals surface area contributed by atoms with Crippen LogP contribution in [0.15, 0.2) is 18.2 Å². The molecule has 1 aliphatic heterocycles. The Morgan fingerprint density at radius 3 is 2.71 bits per heavy atom. The largest absolute Gasteiger partial charge is 0.495 e. The molecule has 5 heteroatoms. The van der Waals surface area contributed by atoms with Crippen molar-refractivity contribution < 1.29 is 4.74 Å². The summed E-state index contributed by atoms with van der Waals surface area (Å²) in [6.07, 6.45) is 2.28. The standard InChI is InChI=1S/C16H25N3OS/c1-4-19-9-7-13(8-10-19)17-16(21)18-14-11-12(2)5-6-15(14)20-3/h5-6,11,13H,4,7-10H2,1-3H3,(H2,17,18,21). The van der Waals surface area contributed by atoms with Gasteiger partial charge in [-0.1, -0.05) is 13.0 Å². The third kappa shape index (κ3) is 4.58. The molecule has 1 fully saturated rings. The molecule has 21 heavy (non-hydrogen) atoms. The predicted molar refractivity (Wildman–Crippen MR) is 92.2 cm³/mol. The van der Waals surface area contributed by atoms with Gasteiger partial charge >= 0.3 is 0 Å². The van der Waals surface area contributed by atoms with Crippen LogP contribution in [0.2, 0.25) is 0 Å². The van der Waals surface area contributed by atoms with Crippen molar-refractivity contribution in [3.8, 4) is 5.75 Å². The lowest BCUT2D eigenvalue weighted by atomic mass is 10.1. The zero-order valence-electron chi connectivity index (χ0n) is 13.1. The van der Waals surface area contributed by atoms with Crippen molar-refractivity contribution in [2.75, 3.05) is 32.1 Å². The van der Waals surface area contributed by atoms with E-state index in [4.69, 9.17) is 17.0 Å². The van der Waals surface area contributed by atoms with Crippen LogP contribution in [-0.4, -0.2) is 42.8 Å². The van der Waals surface area contributed by atoms with Gasteiger partial charge in [-0.05, 0) is 56.2 Å². The maximum Gasteiger partial charge on any atom is 0.171 e. The van der Waals surface area contributed by atoms with E-state index >= 15 is 0 Å². The van der Waals surface area contributed by atoms with Crippen molar-refractivity contribution >= 4 is 23.0 Å². The molecule has 1 aromatic rings. The first kappa shape index (κ1) is 16.0. The van der Waals surface area contributed by atoms with Crippen LogP contribution in [0.25, 0.3) is 0 Å².